The second-order valence-corrected chi connectivity index (χ2v) is 6.26. The fourth-order valence-electron chi connectivity index (χ4n) is 2.25. The van der Waals surface area contributed by atoms with Gasteiger partial charge in [-0.25, -0.2) is 4.39 Å². The molecule has 1 atom stereocenters. The van der Waals surface area contributed by atoms with Crippen molar-refractivity contribution in [1.82, 2.24) is 5.32 Å². The van der Waals surface area contributed by atoms with Gasteiger partial charge in [0.2, 0.25) is 0 Å². The largest absolute Gasteiger partial charge is 0.306 e. The number of rotatable bonds is 4. The SMILES string of the molecule is CCNC(c1cc(F)ccc1C)c1cc(Cl)ccc1I. The van der Waals surface area contributed by atoms with Crippen LogP contribution in [0.3, 0.4) is 0 Å². The van der Waals surface area contributed by atoms with Crippen LogP contribution in [0, 0.1) is 16.3 Å². The summed E-state index contributed by atoms with van der Waals surface area (Å²) < 4.78 is 14.7. The minimum absolute atomic E-state index is 0.0544. The standard InChI is InChI=1S/C16H16ClFIN/c1-3-20-16(13-9-12(18)6-4-10(13)2)14-8-11(17)5-7-15(14)19/h4-9,16,20H,3H2,1-2H3. The summed E-state index contributed by atoms with van der Waals surface area (Å²) in [6.07, 6.45) is 0. The van der Waals surface area contributed by atoms with Gasteiger partial charge in [0.05, 0.1) is 6.04 Å². The number of nitrogens with one attached hydrogen (secondary N) is 1. The van der Waals surface area contributed by atoms with Gasteiger partial charge in [0.1, 0.15) is 5.82 Å². The predicted molar refractivity (Wildman–Crippen MR) is 90.8 cm³/mol. The Morgan fingerprint density at radius 3 is 2.65 bits per heavy atom. The maximum Gasteiger partial charge on any atom is 0.123 e. The third-order valence-electron chi connectivity index (χ3n) is 3.23. The van der Waals surface area contributed by atoms with E-state index >= 15 is 0 Å². The van der Waals surface area contributed by atoms with Crippen molar-refractivity contribution in [2.45, 2.75) is 19.9 Å². The zero-order chi connectivity index (χ0) is 14.7. The fraction of sp³-hybridized carbons (Fsp3) is 0.250. The summed E-state index contributed by atoms with van der Waals surface area (Å²) in [5.74, 6) is -0.217. The van der Waals surface area contributed by atoms with E-state index in [0.717, 1.165) is 26.8 Å². The van der Waals surface area contributed by atoms with Crippen molar-refractivity contribution in [2.75, 3.05) is 6.54 Å². The highest BCUT2D eigenvalue weighted by atomic mass is 127. The fourth-order valence-corrected chi connectivity index (χ4v) is 3.08. The minimum atomic E-state index is -0.217. The quantitative estimate of drug-likeness (QED) is 0.701. The molecule has 0 fully saturated rings. The van der Waals surface area contributed by atoms with Gasteiger partial charge in [0, 0.05) is 8.59 Å². The Labute approximate surface area is 137 Å². The zero-order valence-electron chi connectivity index (χ0n) is 11.4. The molecule has 0 aliphatic heterocycles. The lowest BCUT2D eigenvalue weighted by atomic mass is 9.95. The third-order valence-corrected chi connectivity index (χ3v) is 4.45. The smallest absolute Gasteiger partial charge is 0.123 e. The van der Waals surface area contributed by atoms with E-state index in [0.29, 0.717) is 5.02 Å². The van der Waals surface area contributed by atoms with Gasteiger partial charge in [0.15, 0.2) is 0 Å². The van der Waals surface area contributed by atoms with Crippen LogP contribution < -0.4 is 5.32 Å². The van der Waals surface area contributed by atoms with Crippen molar-refractivity contribution >= 4 is 34.2 Å². The van der Waals surface area contributed by atoms with Crippen molar-refractivity contribution in [3.63, 3.8) is 0 Å². The van der Waals surface area contributed by atoms with E-state index in [-0.39, 0.29) is 11.9 Å². The monoisotopic (exact) mass is 403 g/mol. The van der Waals surface area contributed by atoms with Crippen LogP contribution in [0.5, 0.6) is 0 Å². The summed E-state index contributed by atoms with van der Waals surface area (Å²) in [4.78, 5) is 0. The van der Waals surface area contributed by atoms with Gasteiger partial charge >= 0.3 is 0 Å². The number of hydrogen-bond donors (Lipinski definition) is 1. The Morgan fingerprint density at radius 1 is 1.20 bits per heavy atom. The Kier molecular flexibility index (Phi) is 5.41. The summed E-state index contributed by atoms with van der Waals surface area (Å²) in [7, 11) is 0. The zero-order valence-corrected chi connectivity index (χ0v) is 14.3. The molecule has 0 bridgehead atoms. The van der Waals surface area contributed by atoms with Gasteiger partial charge in [-0.1, -0.05) is 24.6 Å². The van der Waals surface area contributed by atoms with E-state index in [4.69, 9.17) is 11.6 Å². The molecule has 1 nitrogen and oxygen atoms in total. The first kappa shape index (κ1) is 15.7. The summed E-state index contributed by atoms with van der Waals surface area (Å²) >= 11 is 8.40. The number of halogens is 3. The van der Waals surface area contributed by atoms with Crippen molar-refractivity contribution in [2.24, 2.45) is 0 Å². The molecular formula is C16H16ClFIN. The Morgan fingerprint density at radius 2 is 1.95 bits per heavy atom. The Hall–Kier alpha value is -0.650. The highest BCUT2D eigenvalue weighted by molar-refractivity contribution is 14.1. The maximum absolute atomic E-state index is 13.6. The average Bonchev–Trinajstić information content (AvgIpc) is 2.42. The molecule has 20 heavy (non-hydrogen) atoms. The molecule has 0 amide bonds. The van der Waals surface area contributed by atoms with Crippen molar-refractivity contribution in [1.29, 1.82) is 0 Å². The second kappa shape index (κ2) is 6.87. The molecule has 2 aromatic carbocycles. The van der Waals surface area contributed by atoms with Crippen molar-refractivity contribution in [3.05, 3.63) is 67.5 Å². The van der Waals surface area contributed by atoms with Crippen molar-refractivity contribution in [3.8, 4) is 0 Å². The Balaban J connectivity index is 2.55. The second-order valence-electron chi connectivity index (χ2n) is 4.66. The van der Waals surface area contributed by atoms with E-state index in [1.807, 2.05) is 38.1 Å². The minimum Gasteiger partial charge on any atom is -0.306 e. The van der Waals surface area contributed by atoms with E-state index in [1.165, 1.54) is 6.07 Å². The Bertz CT molecular complexity index is 564. The first-order chi connectivity index (χ1) is 9.52. The van der Waals surface area contributed by atoms with Crippen LogP contribution in [-0.4, -0.2) is 6.54 Å². The van der Waals surface area contributed by atoms with Gasteiger partial charge in [0.25, 0.3) is 0 Å². The molecule has 0 heterocycles. The third kappa shape index (κ3) is 3.51. The molecule has 106 valence electrons. The lowest BCUT2D eigenvalue weighted by Crippen LogP contribution is -2.23. The van der Waals surface area contributed by atoms with E-state index in [9.17, 15) is 4.39 Å². The molecule has 0 aromatic heterocycles. The van der Waals surface area contributed by atoms with Crippen LogP contribution in [0.25, 0.3) is 0 Å². The van der Waals surface area contributed by atoms with Crippen LogP contribution >= 0.6 is 34.2 Å². The first-order valence-corrected chi connectivity index (χ1v) is 7.93. The first-order valence-electron chi connectivity index (χ1n) is 6.47. The van der Waals surface area contributed by atoms with Gasteiger partial charge in [-0.3, -0.25) is 0 Å². The van der Waals surface area contributed by atoms with Gasteiger partial charge in [-0.05, 0) is 83.1 Å². The molecule has 0 radical (unpaired) electrons. The van der Waals surface area contributed by atoms with Gasteiger partial charge in [-0.15, -0.1) is 0 Å². The molecule has 0 aliphatic rings. The molecule has 4 heteroatoms. The van der Waals surface area contributed by atoms with E-state index in [1.54, 1.807) is 6.07 Å². The summed E-state index contributed by atoms with van der Waals surface area (Å²) in [5.41, 5.74) is 3.09. The lowest BCUT2D eigenvalue weighted by molar-refractivity contribution is 0.599. The van der Waals surface area contributed by atoms with Gasteiger partial charge in [-0.2, -0.15) is 0 Å². The lowest BCUT2D eigenvalue weighted by Gasteiger charge is -2.22. The van der Waals surface area contributed by atoms with Gasteiger partial charge < -0.3 is 5.32 Å². The summed E-state index contributed by atoms with van der Waals surface area (Å²) in [6.45, 7) is 4.83. The number of benzene rings is 2. The summed E-state index contributed by atoms with van der Waals surface area (Å²) in [6, 6.07) is 10.6. The van der Waals surface area contributed by atoms with Crippen LogP contribution in [0.4, 0.5) is 4.39 Å². The normalized spacial score (nSPS) is 12.4. The molecule has 0 saturated carbocycles. The van der Waals surface area contributed by atoms with Crippen LogP contribution in [0.15, 0.2) is 36.4 Å². The number of aryl methyl sites for hydroxylation is 1. The topological polar surface area (TPSA) is 12.0 Å². The van der Waals surface area contributed by atoms with E-state index in [2.05, 4.69) is 27.9 Å². The summed E-state index contributed by atoms with van der Waals surface area (Å²) in [5, 5.41) is 4.11. The average molecular weight is 404 g/mol. The van der Waals surface area contributed by atoms with Crippen LogP contribution in [-0.2, 0) is 0 Å². The molecule has 0 aliphatic carbocycles. The van der Waals surface area contributed by atoms with Crippen LogP contribution in [0.1, 0.15) is 29.7 Å². The predicted octanol–water partition coefficient (Wildman–Crippen LogP) is 5.09. The van der Waals surface area contributed by atoms with Crippen molar-refractivity contribution < 1.29 is 4.39 Å². The molecule has 2 rings (SSSR count). The van der Waals surface area contributed by atoms with E-state index < -0.39 is 0 Å². The molecule has 0 saturated heterocycles. The molecule has 1 N–H and O–H groups in total. The number of hydrogen-bond acceptors (Lipinski definition) is 1. The maximum atomic E-state index is 13.6. The molecule has 0 spiro atoms. The highest BCUT2D eigenvalue weighted by Crippen LogP contribution is 2.30. The molecule has 1 unspecified atom stereocenters. The van der Waals surface area contributed by atoms with Crippen LogP contribution in [0.2, 0.25) is 5.02 Å². The molecular weight excluding hydrogens is 388 g/mol. The highest BCUT2D eigenvalue weighted by Gasteiger charge is 2.18. The molecule has 2 aromatic rings.